The molecule has 1 atom stereocenters. The third kappa shape index (κ3) is 4.43. The molecule has 31 heavy (non-hydrogen) atoms. The standard InChI is InChI=1S/C21H20F2N6OS/c1-14(15-7-9-16(10-8-15)29-13-24-12-25-29)27(2)19(30)11-28-18-6-4-3-5-17(18)26-21(28)31-20(22)23/h3-10,12-14,20H,11H2,1-2H3. The third-order valence-electron chi connectivity index (χ3n) is 5.14. The van der Waals surface area contributed by atoms with Crippen LogP contribution < -0.4 is 0 Å². The number of rotatable bonds is 7. The fourth-order valence-corrected chi connectivity index (χ4v) is 3.91. The fraction of sp³-hybridized carbons (Fsp3) is 0.238. The Bertz CT molecular complexity index is 1180. The lowest BCUT2D eigenvalue weighted by Gasteiger charge is -2.26. The summed E-state index contributed by atoms with van der Waals surface area (Å²) in [7, 11) is 1.71. The highest BCUT2D eigenvalue weighted by molar-refractivity contribution is 7.99. The number of hydrogen-bond donors (Lipinski definition) is 0. The van der Waals surface area contributed by atoms with Gasteiger partial charge in [-0.05, 0) is 48.5 Å². The minimum atomic E-state index is -2.62. The number of fused-ring (bicyclic) bond motifs is 1. The lowest BCUT2D eigenvalue weighted by Crippen LogP contribution is -2.32. The molecule has 0 saturated heterocycles. The van der Waals surface area contributed by atoms with E-state index in [1.54, 1.807) is 51.8 Å². The summed E-state index contributed by atoms with van der Waals surface area (Å²) < 4.78 is 29.2. The molecule has 10 heteroatoms. The van der Waals surface area contributed by atoms with Crippen molar-refractivity contribution in [2.75, 3.05) is 7.05 Å². The molecule has 0 saturated carbocycles. The maximum absolute atomic E-state index is 13.0. The third-order valence-corrected chi connectivity index (χ3v) is 5.84. The highest BCUT2D eigenvalue weighted by Gasteiger charge is 2.22. The van der Waals surface area contributed by atoms with Crippen LogP contribution >= 0.6 is 11.8 Å². The lowest BCUT2D eigenvalue weighted by atomic mass is 10.1. The van der Waals surface area contributed by atoms with Gasteiger partial charge in [-0.25, -0.2) is 14.6 Å². The van der Waals surface area contributed by atoms with E-state index in [2.05, 4.69) is 15.1 Å². The van der Waals surface area contributed by atoms with Gasteiger partial charge in [-0.1, -0.05) is 24.3 Å². The van der Waals surface area contributed by atoms with Gasteiger partial charge in [0.1, 0.15) is 19.2 Å². The van der Waals surface area contributed by atoms with Crippen LogP contribution in [0.2, 0.25) is 0 Å². The number of amides is 1. The topological polar surface area (TPSA) is 68.8 Å². The van der Waals surface area contributed by atoms with Crippen LogP contribution in [0.1, 0.15) is 18.5 Å². The number of hydrogen-bond acceptors (Lipinski definition) is 5. The first kappa shape index (κ1) is 21.0. The zero-order valence-corrected chi connectivity index (χ0v) is 17.7. The lowest BCUT2D eigenvalue weighted by molar-refractivity contribution is -0.132. The van der Waals surface area contributed by atoms with E-state index in [1.165, 1.54) is 6.33 Å². The number of carbonyl (C=O) groups excluding carboxylic acids is 1. The van der Waals surface area contributed by atoms with Gasteiger partial charge in [0.25, 0.3) is 5.76 Å². The largest absolute Gasteiger partial charge is 0.337 e. The van der Waals surface area contributed by atoms with E-state index in [4.69, 9.17) is 0 Å². The maximum Gasteiger partial charge on any atom is 0.291 e. The molecule has 0 N–H and O–H groups in total. The molecule has 7 nitrogen and oxygen atoms in total. The van der Waals surface area contributed by atoms with Crippen molar-refractivity contribution in [2.24, 2.45) is 0 Å². The predicted molar refractivity (Wildman–Crippen MR) is 114 cm³/mol. The van der Waals surface area contributed by atoms with Crippen LogP contribution in [0.3, 0.4) is 0 Å². The number of likely N-dealkylation sites (N-methyl/N-ethyl adjacent to an activating group) is 1. The monoisotopic (exact) mass is 442 g/mol. The summed E-state index contributed by atoms with van der Waals surface area (Å²) in [5, 5.41) is 4.22. The molecule has 1 amide bonds. The second-order valence-corrected chi connectivity index (χ2v) is 7.92. The SMILES string of the molecule is CC(c1ccc(-n2cncn2)cc1)N(C)C(=O)Cn1c(SC(F)F)nc2ccccc21. The van der Waals surface area contributed by atoms with Gasteiger partial charge in [-0.15, -0.1) is 0 Å². The smallest absolute Gasteiger partial charge is 0.291 e. The summed E-state index contributed by atoms with van der Waals surface area (Å²) in [6.45, 7) is 1.84. The van der Waals surface area contributed by atoms with Crippen LogP contribution in [0, 0.1) is 0 Å². The van der Waals surface area contributed by atoms with Gasteiger partial charge in [0.15, 0.2) is 5.16 Å². The van der Waals surface area contributed by atoms with Crippen LogP contribution in [0.4, 0.5) is 8.78 Å². The molecule has 0 aliphatic rings. The Kier molecular flexibility index (Phi) is 5.99. The molecular weight excluding hydrogens is 422 g/mol. The van der Waals surface area contributed by atoms with Gasteiger partial charge in [0, 0.05) is 7.05 Å². The minimum Gasteiger partial charge on any atom is -0.337 e. The Labute approximate surface area is 181 Å². The Morgan fingerprint density at radius 1 is 1.16 bits per heavy atom. The summed E-state index contributed by atoms with van der Waals surface area (Å²) in [6.07, 6.45) is 3.07. The normalized spacial score (nSPS) is 12.4. The van der Waals surface area contributed by atoms with Gasteiger partial charge in [-0.2, -0.15) is 13.9 Å². The van der Waals surface area contributed by atoms with Crippen molar-refractivity contribution in [2.45, 2.75) is 30.4 Å². The van der Waals surface area contributed by atoms with Crippen LogP contribution in [-0.2, 0) is 11.3 Å². The van der Waals surface area contributed by atoms with Gasteiger partial charge in [0.05, 0.1) is 22.8 Å². The molecule has 2 aromatic heterocycles. The molecule has 0 bridgehead atoms. The minimum absolute atomic E-state index is 0.0759. The highest BCUT2D eigenvalue weighted by atomic mass is 32.2. The van der Waals surface area contributed by atoms with Crippen LogP contribution in [-0.4, -0.2) is 47.9 Å². The Hall–Kier alpha value is -3.27. The second kappa shape index (κ2) is 8.84. The number of aromatic nitrogens is 5. The van der Waals surface area contributed by atoms with Crippen molar-refractivity contribution in [1.29, 1.82) is 0 Å². The second-order valence-electron chi connectivity index (χ2n) is 6.96. The number of alkyl halides is 2. The molecule has 4 rings (SSSR count). The number of para-hydroxylation sites is 2. The Balaban J connectivity index is 1.53. The summed E-state index contributed by atoms with van der Waals surface area (Å²) >= 11 is 0.344. The molecule has 0 radical (unpaired) electrons. The molecule has 0 aliphatic carbocycles. The average molecular weight is 442 g/mol. The van der Waals surface area contributed by atoms with E-state index < -0.39 is 5.76 Å². The summed E-state index contributed by atoms with van der Waals surface area (Å²) in [4.78, 5) is 22.8. The summed E-state index contributed by atoms with van der Waals surface area (Å²) in [5.74, 6) is -2.82. The van der Waals surface area contributed by atoms with Crippen molar-refractivity contribution >= 4 is 28.7 Å². The van der Waals surface area contributed by atoms with Gasteiger partial charge >= 0.3 is 0 Å². The number of benzene rings is 2. The Morgan fingerprint density at radius 3 is 2.58 bits per heavy atom. The zero-order chi connectivity index (χ0) is 22.0. The summed E-state index contributed by atoms with van der Waals surface area (Å²) in [5.41, 5.74) is 3.04. The molecule has 1 unspecified atom stereocenters. The number of imidazole rings is 1. The van der Waals surface area contributed by atoms with E-state index >= 15 is 0 Å². The van der Waals surface area contributed by atoms with Gasteiger partial charge < -0.3 is 9.47 Å². The van der Waals surface area contributed by atoms with Crippen molar-refractivity contribution in [3.8, 4) is 5.69 Å². The van der Waals surface area contributed by atoms with Gasteiger partial charge in [0.2, 0.25) is 5.91 Å². The maximum atomic E-state index is 13.0. The van der Waals surface area contributed by atoms with E-state index in [0.717, 1.165) is 11.3 Å². The van der Waals surface area contributed by atoms with E-state index in [0.29, 0.717) is 22.8 Å². The highest BCUT2D eigenvalue weighted by Crippen LogP contribution is 2.29. The molecule has 160 valence electrons. The first-order valence-electron chi connectivity index (χ1n) is 9.54. The van der Waals surface area contributed by atoms with Crippen molar-refractivity contribution in [3.05, 3.63) is 66.7 Å². The van der Waals surface area contributed by atoms with Crippen molar-refractivity contribution in [1.82, 2.24) is 29.2 Å². The molecule has 0 aliphatic heterocycles. The Morgan fingerprint density at radius 2 is 1.90 bits per heavy atom. The first-order valence-corrected chi connectivity index (χ1v) is 10.4. The number of thioether (sulfide) groups is 1. The van der Waals surface area contributed by atoms with Crippen molar-refractivity contribution in [3.63, 3.8) is 0 Å². The van der Waals surface area contributed by atoms with Crippen LogP contribution in [0.15, 0.2) is 66.3 Å². The molecule has 0 fully saturated rings. The molecular formula is C21H20F2N6OS. The fourth-order valence-electron chi connectivity index (χ4n) is 3.31. The predicted octanol–water partition coefficient (Wildman–Crippen LogP) is 4.15. The van der Waals surface area contributed by atoms with E-state index in [9.17, 15) is 13.6 Å². The first-order chi connectivity index (χ1) is 14.9. The van der Waals surface area contributed by atoms with Crippen LogP contribution in [0.5, 0.6) is 0 Å². The van der Waals surface area contributed by atoms with E-state index in [-0.39, 0.29) is 23.7 Å². The van der Waals surface area contributed by atoms with Crippen molar-refractivity contribution < 1.29 is 13.6 Å². The number of carbonyl (C=O) groups is 1. The number of halogens is 2. The van der Waals surface area contributed by atoms with E-state index in [1.807, 2.05) is 31.2 Å². The molecule has 4 aromatic rings. The molecule has 0 spiro atoms. The quantitative estimate of drug-likeness (QED) is 0.402. The zero-order valence-electron chi connectivity index (χ0n) is 16.9. The van der Waals surface area contributed by atoms with Gasteiger partial charge in [-0.3, -0.25) is 4.79 Å². The summed E-state index contributed by atoms with van der Waals surface area (Å²) in [6, 6.07) is 14.6. The molecule has 2 aromatic carbocycles. The molecule has 2 heterocycles. The van der Waals surface area contributed by atoms with Crippen LogP contribution in [0.25, 0.3) is 16.7 Å². The number of nitrogens with zero attached hydrogens (tertiary/aromatic N) is 6. The average Bonchev–Trinajstić information content (AvgIpc) is 3.41.